The second-order valence-corrected chi connectivity index (χ2v) is 12.9. The van der Waals surface area contributed by atoms with Gasteiger partial charge in [-0.05, 0) is 52.2 Å². The van der Waals surface area contributed by atoms with E-state index >= 15 is 0 Å². The lowest BCUT2D eigenvalue weighted by Crippen LogP contribution is -2.03. The topological polar surface area (TPSA) is 30.7 Å². The van der Waals surface area contributed by atoms with Crippen molar-refractivity contribution in [3.63, 3.8) is 0 Å². The molecule has 3 nitrogen and oxygen atoms in total. The van der Waals surface area contributed by atoms with Gasteiger partial charge < -0.3 is 0 Å². The second kappa shape index (κ2) is 9.21. The van der Waals surface area contributed by atoms with E-state index in [9.17, 15) is 0 Å². The largest absolute Gasteiger partial charge is 0.276 e. The maximum atomic E-state index is 5.42. The van der Waals surface area contributed by atoms with Crippen molar-refractivity contribution in [2.45, 2.75) is 6.92 Å². The molecule has 0 N–H and O–H groups in total. The van der Waals surface area contributed by atoms with Crippen molar-refractivity contribution in [2.24, 2.45) is 0 Å². The molecule has 4 heteroatoms. The van der Waals surface area contributed by atoms with Crippen molar-refractivity contribution in [3.05, 3.63) is 139 Å². The molecule has 0 unspecified atom stereocenters. The van der Waals surface area contributed by atoms with Crippen LogP contribution in [0.2, 0.25) is 0 Å². The summed E-state index contributed by atoms with van der Waals surface area (Å²) in [5.74, 6) is 0.691. The molecule has 0 spiro atoms. The Kier molecular flexibility index (Phi) is 5.08. The monoisotopic (exact) mass is 591 g/mol. The van der Waals surface area contributed by atoms with Crippen LogP contribution in [0, 0.1) is 6.92 Å². The summed E-state index contributed by atoms with van der Waals surface area (Å²) in [6.45, 7) is 2.13. The molecule has 0 radical (unpaired) electrons. The van der Waals surface area contributed by atoms with Crippen LogP contribution in [0.25, 0.3) is 91.6 Å². The summed E-state index contributed by atoms with van der Waals surface area (Å²) in [5, 5.41) is 11.1. The minimum absolute atomic E-state index is 0.691. The molecule has 0 saturated carbocycles. The van der Waals surface area contributed by atoms with Gasteiger partial charge in [0.25, 0.3) is 0 Å². The Balaban J connectivity index is 1.50. The molecule has 210 valence electrons. The zero-order chi connectivity index (χ0) is 29.6. The van der Waals surface area contributed by atoms with E-state index < -0.39 is 0 Å². The lowest BCUT2D eigenvalue weighted by Gasteiger charge is -2.13. The first-order chi connectivity index (χ1) is 22.2. The van der Waals surface area contributed by atoms with Crippen LogP contribution in [0.4, 0.5) is 0 Å². The van der Waals surface area contributed by atoms with Crippen molar-refractivity contribution in [1.82, 2.24) is 14.5 Å². The van der Waals surface area contributed by atoms with Crippen LogP contribution in [0.3, 0.4) is 0 Å². The van der Waals surface area contributed by atoms with Crippen LogP contribution in [0.1, 0.15) is 5.56 Å². The molecule has 3 heterocycles. The minimum atomic E-state index is 0.691. The summed E-state index contributed by atoms with van der Waals surface area (Å²) >= 11 is 1.87. The highest BCUT2D eigenvalue weighted by atomic mass is 32.1. The van der Waals surface area contributed by atoms with Gasteiger partial charge in [0, 0.05) is 37.2 Å². The molecule has 0 amide bonds. The van der Waals surface area contributed by atoms with Crippen molar-refractivity contribution in [3.8, 4) is 17.2 Å². The number of aryl methyl sites for hydroxylation is 1. The third kappa shape index (κ3) is 3.46. The van der Waals surface area contributed by atoms with Crippen LogP contribution in [-0.4, -0.2) is 14.5 Å². The number of fused-ring (bicyclic) bond motifs is 13. The predicted octanol–water partition coefficient (Wildman–Crippen LogP) is 11.4. The molecule has 0 aliphatic rings. The molecule has 7 aromatic carbocycles. The fourth-order valence-corrected chi connectivity index (χ4v) is 8.55. The van der Waals surface area contributed by atoms with E-state index in [0.717, 1.165) is 27.7 Å². The molecule has 0 aliphatic carbocycles. The van der Waals surface area contributed by atoms with Gasteiger partial charge in [0.05, 0.1) is 26.9 Å². The molecular weight excluding hydrogens is 567 g/mol. The molecule has 45 heavy (non-hydrogen) atoms. The standard InChI is InChI=1S/C41H25N3S/c1-24-19-21-30-32(23-24)42-41(43-38(30)26-12-3-2-4-13-26)44-33-22-20-25-11-5-6-14-27(25)36(33)37-29-16-8-7-15-28(29)35-31-17-9-10-18-34(31)45-40(35)39(37)44/h2-23H,1H3. The summed E-state index contributed by atoms with van der Waals surface area (Å²) in [6, 6.07) is 47.9. The molecule has 0 aliphatic heterocycles. The third-order valence-electron chi connectivity index (χ3n) is 9.22. The Labute approximate surface area is 262 Å². The Hall–Kier alpha value is -5.58. The van der Waals surface area contributed by atoms with Gasteiger partial charge in [0.1, 0.15) is 0 Å². The van der Waals surface area contributed by atoms with Crippen LogP contribution in [0.15, 0.2) is 133 Å². The Morgan fingerprint density at radius 1 is 0.556 bits per heavy atom. The third-order valence-corrected chi connectivity index (χ3v) is 10.4. The van der Waals surface area contributed by atoms with Gasteiger partial charge in [-0.3, -0.25) is 4.57 Å². The van der Waals surface area contributed by atoms with Crippen LogP contribution >= 0.6 is 11.3 Å². The van der Waals surface area contributed by atoms with E-state index in [2.05, 4.69) is 145 Å². The number of thiophene rings is 1. The fourth-order valence-electron chi connectivity index (χ4n) is 7.29. The summed E-state index contributed by atoms with van der Waals surface area (Å²) in [7, 11) is 0. The molecular formula is C41H25N3S. The normalized spacial score (nSPS) is 12.1. The number of nitrogens with zero attached hydrogens (tertiary/aromatic N) is 3. The maximum Gasteiger partial charge on any atom is 0.235 e. The lowest BCUT2D eigenvalue weighted by atomic mass is 9.97. The van der Waals surface area contributed by atoms with E-state index in [-0.39, 0.29) is 0 Å². The summed E-state index contributed by atoms with van der Waals surface area (Å²) in [4.78, 5) is 10.8. The highest BCUT2D eigenvalue weighted by Crippen LogP contribution is 2.49. The number of hydrogen-bond acceptors (Lipinski definition) is 3. The Morgan fingerprint density at radius 2 is 1.27 bits per heavy atom. The number of rotatable bonds is 2. The average Bonchev–Trinajstić information content (AvgIpc) is 3.65. The van der Waals surface area contributed by atoms with Gasteiger partial charge >= 0.3 is 0 Å². The average molecular weight is 592 g/mol. The van der Waals surface area contributed by atoms with Gasteiger partial charge in [-0.25, -0.2) is 9.97 Å². The van der Waals surface area contributed by atoms with Gasteiger partial charge in [-0.15, -0.1) is 11.3 Å². The molecule has 0 fully saturated rings. The highest BCUT2D eigenvalue weighted by Gasteiger charge is 2.24. The van der Waals surface area contributed by atoms with Gasteiger partial charge in [0.15, 0.2) is 0 Å². The number of hydrogen-bond donors (Lipinski definition) is 0. The first-order valence-corrected chi connectivity index (χ1v) is 16.1. The zero-order valence-corrected chi connectivity index (χ0v) is 25.3. The van der Waals surface area contributed by atoms with Gasteiger partial charge in [-0.2, -0.15) is 0 Å². The van der Waals surface area contributed by atoms with Crippen LogP contribution < -0.4 is 0 Å². The minimum Gasteiger partial charge on any atom is -0.276 e. The molecule has 0 atom stereocenters. The van der Waals surface area contributed by atoms with Crippen molar-refractivity contribution < 1.29 is 0 Å². The van der Waals surface area contributed by atoms with Gasteiger partial charge in [0.2, 0.25) is 5.95 Å². The van der Waals surface area contributed by atoms with E-state index in [4.69, 9.17) is 9.97 Å². The predicted molar refractivity (Wildman–Crippen MR) is 192 cm³/mol. The van der Waals surface area contributed by atoms with Crippen molar-refractivity contribution in [1.29, 1.82) is 0 Å². The highest BCUT2D eigenvalue weighted by molar-refractivity contribution is 7.27. The van der Waals surface area contributed by atoms with Crippen molar-refractivity contribution in [2.75, 3.05) is 0 Å². The van der Waals surface area contributed by atoms with E-state index in [1.165, 1.54) is 63.6 Å². The van der Waals surface area contributed by atoms with E-state index in [1.807, 2.05) is 11.3 Å². The molecule has 10 rings (SSSR count). The maximum absolute atomic E-state index is 5.42. The quantitative estimate of drug-likeness (QED) is 0.200. The van der Waals surface area contributed by atoms with Gasteiger partial charge in [-0.1, -0.05) is 115 Å². The molecule has 3 aromatic heterocycles. The first kappa shape index (κ1) is 24.8. The Bertz CT molecular complexity index is 2820. The summed E-state index contributed by atoms with van der Waals surface area (Å²) in [5.41, 5.74) is 6.44. The smallest absolute Gasteiger partial charge is 0.235 e. The summed E-state index contributed by atoms with van der Waals surface area (Å²) in [6.07, 6.45) is 0. The zero-order valence-electron chi connectivity index (χ0n) is 24.5. The van der Waals surface area contributed by atoms with E-state index in [0.29, 0.717) is 5.95 Å². The second-order valence-electron chi connectivity index (χ2n) is 11.8. The SMILES string of the molecule is Cc1ccc2c(-c3ccccc3)nc(-n3c4ccc5ccccc5c4c4c5ccccc5c5c6ccccc6sc5c43)nc2c1. The van der Waals surface area contributed by atoms with E-state index in [1.54, 1.807) is 0 Å². The number of aromatic nitrogens is 3. The van der Waals surface area contributed by atoms with Crippen molar-refractivity contribution >= 4 is 85.8 Å². The lowest BCUT2D eigenvalue weighted by molar-refractivity contribution is 1.02. The van der Waals surface area contributed by atoms with Crippen LogP contribution in [0.5, 0.6) is 0 Å². The first-order valence-electron chi connectivity index (χ1n) is 15.3. The summed E-state index contributed by atoms with van der Waals surface area (Å²) < 4.78 is 4.89. The van der Waals surface area contributed by atoms with Crippen LogP contribution in [-0.2, 0) is 0 Å². The molecule has 10 aromatic rings. The molecule has 0 bridgehead atoms. The Morgan fingerprint density at radius 3 is 2.11 bits per heavy atom. The number of benzene rings is 7. The fraction of sp³-hybridized carbons (Fsp3) is 0.0244. The molecule has 0 saturated heterocycles.